The minimum Gasteiger partial charge on any atom is -0.496 e. The number of carbonyl (C=O) groups is 1. The lowest BCUT2D eigenvalue weighted by Crippen LogP contribution is -2.39. The van der Waals surface area contributed by atoms with E-state index in [1.165, 1.54) is 7.11 Å². The SMILES string of the molecule is CC.COc1ccc(Br)c2c1C(=O)OC(C)(C)O2. The molecule has 1 aromatic rings. The molecule has 1 heterocycles. The molecule has 0 spiro atoms. The van der Waals surface area contributed by atoms with Crippen molar-refractivity contribution >= 4 is 21.9 Å². The molecular weight excluding hydrogens is 300 g/mol. The highest BCUT2D eigenvalue weighted by Crippen LogP contribution is 2.41. The summed E-state index contributed by atoms with van der Waals surface area (Å²) in [5.41, 5.74) is 0.316. The molecule has 0 aromatic heterocycles. The summed E-state index contributed by atoms with van der Waals surface area (Å²) < 4.78 is 16.5. The van der Waals surface area contributed by atoms with Gasteiger partial charge in [0.25, 0.3) is 0 Å². The van der Waals surface area contributed by atoms with Gasteiger partial charge < -0.3 is 14.2 Å². The van der Waals surface area contributed by atoms with Crippen LogP contribution in [0.3, 0.4) is 0 Å². The Morgan fingerprint density at radius 2 is 1.83 bits per heavy atom. The zero-order valence-electron chi connectivity index (χ0n) is 11.2. The maximum Gasteiger partial charge on any atom is 0.349 e. The number of ether oxygens (including phenoxy) is 3. The molecular formula is C13H17BrO4. The fourth-order valence-corrected chi connectivity index (χ4v) is 1.95. The van der Waals surface area contributed by atoms with Crippen molar-refractivity contribution in [2.24, 2.45) is 0 Å². The van der Waals surface area contributed by atoms with Crippen LogP contribution in [-0.4, -0.2) is 18.9 Å². The molecule has 18 heavy (non-hydrogen) atoms. The van der Waals surface area contributed by atoms with Crippen molar-refractivity contribution in [1.29, 1.82) is 0 Å². The van der Waals surface area contributed by atoms with Crippen LogP contribution in [-0.2, 0) is 4.74 Å². The van der Waals surface area contributed by atoms with E-state index in [0.29, 0.717) is 21.5 Å². The molecule has 1 aromatic carbocycles. The number of hydrogen-bond donors (Lipinski definition) is 0. The second-order valence-corrected chi connectivity index (χ2v) is 4.70. The summed E-state index contributed by atoms with van der Waals surface area (Å²) in [6.45, 7) is 7.36. The van der Waals surface area contributed by atoms with Crippen molar-refractivity contribution in [3.8, 4) is 11.5 Å². The van der Waals surface area contributed by atoms with Gasteiger partial charge in [0, 0.05) is 13.8 Å². The molecule has 4 nitrogen and oxygen atoms in total. The predicted molar refractivity (Wildman–Crippen MR) is 72.2 cm³/mol. The summed E-state index contributed by atoms with van der Waals surface area (Å²) in [5.74, 6) is -0.498. The largest absolute Gasteiger partial charge is 0.496 e. The number of carbonyl (C=O) groups excluding carboxylic acids is 1. The molecule has 100 valence electrons. The van der Waals surface area contributed by atoms with Gasteiger partial charge in [-0.3, -0.25) is 0 Å². The van der Waals surface area contributed by atoms with Crippen LogP contribution in [0.4, 0.5) is 0 Å². The van der Waals surface area contributed by atoms with Crippen LogP contribution >= 0.6 is 15.9 Å². The van der Waals surface area contributed by atoms with E-state index in [2.05, 4.69) is 15.9 Å². The van der Waals surface area contributed by atoms with E-state index in [1.807, 2.05) is 13.8 Å². The van der Waals surface area contributed by atoms with Crippen LogP contribution < -0.4 is 9.47 Å². The highest BCUT2D eigenvalue weighted by Gasteiger charge is 2.37. The van der Waals surface area contributed by atoms with Gasteiger partial charge >= 0.3 is 5.97 Å². The standard InChI is InChI=1S/C11H11BrO4.C2H6/c1-11(2)15-9-6(12)4-5-7(14-3)8(9)10(13)16-11;1-2/h4-5H,1-3H3;1-2H3. The number of fused-ring (bicyclic) bond motifs is 1. The Hall–Kier alpha value is -1.23. The molecule has 0 saturated heterocycles. The van der Waals surface area contributed by atoms with E-state index in [1.54, 1.807) is 26.0 Å². The molecule has 0 saturated carbocycles. The average molecular weight is 317 g/mol. The summed E-state index contributed by atoms with van der Waals surface area (Å²) in [6, 6.07) is 3.46. The number of rotatable bonds is 1. The Kier molecular flexibility index (Phi) is 4.62. The Morgan fingerprint density at radius 1 is 1.22 bits per heavy atom. The first-order valence-corrected chi connectivity index (χ1v) is 6.53. The molecule has 0 atom stereocenters. The fraction of sp³-hybridized carbons (Fsp3) is 0.462. The lowest BCUT2D eigenvalue weighted by molar-refractivity contribution is -0.128. The topological polar surface area (TPSA) is 44.8 Å². The summed E-state index contributed by atoms with van der Waals surface area (Å²) >= 11 is 3.34. The van der Waals surface area contributed by atoms with Crippen molar-refractivity contribution in [3.63, 3.8) is 0 Å². The van der Waals surface area contributed by atoms with Gasteiger partial charge in [-0.2, -0.15) is 0 Å². The molecule has 0 unspecified atom stereocenters. The predicted octanol–water partition coefficient (Wildman–Crippen LogP) is 3.77. The first kappa shape index (κ1) is 14.8. The normalized spacial score (nSPS) is 15.6. The Balaban J connectivity index is 0.000000771. The summed E-state index contributed by atoms with van der Waals surface area (Å²) in [4.78, 5) is 11.8. The highest BCUT2D eigenvalue weighted by molar-refractivity contribution is 9.10. The van der Waals surface area contributed by atoms with Crippen LogP contribution in [0.5, 0.6) is 11.5 Å². The molecule has 1 aliphatic heterocycles. The first-order chi connectivity index (χ1) is 8.44. The number of halogens is 1. The minimum absolute atomic E-state index is 0.316. The van der Waals surface area contributed by atoms with Gasteiger partial charge in [-0.1, -0.05) is 13.8 Å². The summed E-state index contributed by atoms with van der Waals surface area (Å²) in [7, 11) is 1.50. The third-order valence-corrected chi connectivity index (χ3v) is 2.81. The van der Waals surface area contributed by atoms with Crippen molar-refractivity contribution in [2.75, 3.05) is 7.11 Å². The van der Waals surface area contributed by atoms with Crippen LogP contribution in [0, 0.1) is 0 Å². The molecule has 5 heteroatoms. The molecule has 2 rings (SSSR count). The maximum absolute atomic E-state index is 11.8. The summed E-state index contributed by atoms with van der Waals surface area (Å²) in [5, 5.41) is 0. The molecule has 0 radical (unpaired) electrons. The third-order valence-electron chi connectivity index (χ3n) is 2.18. The summed E-state index contributed by atoms with van der Waals surface area (Å²) in [6.07, 6.45) is 0. The number of methoxy groups -OCH3 is 1. The van der Waals surface area contributed by atoms with Crippen LogP contribution in [0.25, 0.3) is 0 Å². The van der Waals surface area contributed by atoms with E-state index >= 15 is 0 Å². The van der Waals surface area contributed by atoms with Gasteiger partial charge in [0.05, 0.1) is 11.6 Å². The second kappa shape index (κ2) is 5.61. The van der Waals surface area contributed by atoms with Gasteiger partial charge in [0.1, 0.15) is 11.3 Å². The van der Waals surface area contributed by atoms with E-state index in [9.17, 15) is 4.79 Å². The lowest BCUT2D eigenvalue weighted by atomic mass is 10.1. The van der Waals surface area contributed by atoms with Gasteiger partial charge in [-0.25, -0.2) is 4.79 Å². The molecule has 0 fully saturated rings. The molecule has 0 N–H and O–H groups in total. The minimum atomic E-state index is -0.959. The van der Waals surface area contributed by atoms with Gasteiger partial charge in [-0.15, -0.1) is 0 Å². The highest BCUT2D eigenvalue weighted by atomic mass is 79.9. The van der Waals surface area contributed by atoms with E-state index < -0.39 is 11.8 Å². The first-order valence-electron chi connectivity index (χ1n) is 5.73. The number of hydrogen-bond acceptors (Lipinski definition) is 4. The lowest BCUT2D eigenvalue weighted by Gasteiger charge is -2.32. The zero-order valence-corrected chi connectivity index (χ0v) is 12.8. The monoisotopic (exact) mass is 316 g/mol. The van der Waals surface area contributed by atoms with Crippen LogP contribution in [0.15, 0.2) is 16.6 Å². The van der Waals surface area contributed by atoms with E-state index in [4.69, 9.17) is 14.2 Å². The maximum atomic E-state index is 11.8. The van der Waals surface area contributed by atoms with Crippen molar-refractivity contribution in [2.45, 2.75) is 33.5 Å². The Morgan fingerprint density at radius 3 is 2.39 bits per heavy atom. The van der Waals surface area contributed by atoms with Crippen molar-refractivity contribution < 1.29 is 19.0 Å². The van der Waals surface area contributed by atoms with Crippen LogP contribution in [0.2, 0.25) is 0 Å². The number of benzene rings is 1. The molecule has 0 aliphatic carbocycles. The van der Waals surface area contributed by atoms with Crippen molar-refractivity contribution in [3.05, 3.63) is 22.2 Å². The fourth-order valence-electron chi connectivity index (χ4n) is 1.54. The van der Waals surface area contributed by atoms with Crippen LogP contribution in [0.1, 0.15) is 38.1 Å². The Labute approximate surface area is 115 Å². The van der Waals surface area contributed by atoms with Gasteiger partial charge in [0.2, 0.25) is 5.79 Å². The van der Waals surface area contributed by atoms with Gasteiger partial charge in [0.15, 0.2) is 5.75 Å². The average Bonchev–Trinajstić information content (AvgIpc) is 2.32. The van der Waals surface area contributed by atoms with Crippen molar-refractivity contribution in [1.82, 2.24) is 0 Å². The molecule has 0 bridgehead atoms. The molecule has 1 aliphatic rings. The number of cyclic esters (lactones) is 1. The quantitative estimate of drug-likeness (QED) is 0.740. The zero-order chi connectivity index (χ0) is 13.9. The number of esters is 1. The molecule has 0 amide bonds. The van der Waals surface area contributed by atoms with E-state index in [-0.39, 0.29) is 0 Å². The third kappa shape index (κ3) is 2.77. The smallest absolute Gasteiger partial charge is 0.349 e. The van der Waals surface area contributed by atoms with Gasteiger partial charge in [-0.05, 0) is 28.1 Å². The van der Waals surface area contributed by atoms with E-state index in [0.717, 1.165) is 0 Å². The Bertz CT molecular complexity index is 455. The second-order valence-electron chi connectivity index (χ2n) is 3.85.